The molecule has 6 nitrogen and oxygen atoms in total. The fourth-order valence-corrected chi connectivity index (χ4v) is 3.70. The number of amides is 1. The van der Waals surface area contributed by atoms with E-state index in [0.29, 0.717) is 16.3 Å². The lowest BCUT2D eigenvalue weighted by Gasteiger charge is -2.19. The van der Waals surface area contributed by atoms with Gasteiger partial charge in [0.1, 0.15) is 5.82 Å². The molecular formula is C25H21ClFN5O. The third-order valence-electron chi connectivity index (χ3n) is 5.33. The molecule has 0 radical (unpaired) electrons. The van der Waals surface area contributed by atoms with E-state index >= 15 is 0 Å². The average molecular weight is 462 g/mol. The highest BCUT2D eigenvalue weighted by Gasteiger charge is 2.16. The summed E-state index contributed by atoms with van der Waals surface area (Å²) >= 11 is 6.48. The molecule has 0 spiro atoms. The Bertz CT molecular complexity index is 1340. The van der Waals surface area contributed by atoms with E-state index in [1.165, 1.54) is 17.0 Å². The minimum Gasteiger partial charge on any atom is -0.377 e. The van der Waals surface area contributed by atoms with Crippen LogP contribution in [0.25, 0.3) is 22.0 Å². The molecule has 4 rings (SSSR count). The van der Waals surface area contributed by atoms with Crippen molar-refractivity contribution in [1.82, 2.24) is 15.0 Å². The first-order valence-corrected chi connectivity index (χ1v) is 10.6. The number of pyridine rings is 1. The molecule has 0 aliphatic carbocycles. The van der Waals surface area contributed by atoms with Crippen LogP contribution in [-0.4, -0.2) is 27.9 Å². The lowest BCUT2D eigenvalue weighted by molar-refractivity contribution is -0.113. The van der Waals surface area contributed by atoms with Gasteiger partial charge in [0.15, 0.2) is 0 Å². The first-order chi connectivity index (χ1) is 15.9. The Kier molecular flexibility index (Phi) is 6.33. The van der Waals surface area contributed by atoms with E-state index in [1.54, 1.807) is 43.8 Å². The molecule has 2 aromatic heterocycles. The summed E-state index contributed by atoms with van der Waals surface area (Å²) < 4.78 is 14.3. The van der Waals surface area contributed by atoms with Gasteiger partial charge in [0.2, 0.25) is 5.95 Å². The van der Waals surface area contributed by atoms with Crippen molar-refractivity contribution in [3.05, 3.63) is 90.1 Å². The molecule has 0 bridgehead atoms. The summed E-state index contributed by atoms with van der Waals surface area (Å²) in [7, 11) is 1.58. The molecule has 166 valence electrons. The fourth-order valence-electron chi connectivity index (χ4n) is 3.49. The van der Waals surface area contributed by atoms with Crippen molar-refractivity contribution in [1.29, 1.82) is 0 Å². The molecule has 4 aromatic rings. The van der Waals surface area contributed by atoms with Gasteiger partial charge in [-0.3, -0.25) is 14.7 Å². The third kappa shape index (κ3) is 4.54. The summed E-state index contributed by atoms with van der Waals surface area (Å²) in [5.41, 5.74) is 3.54. The number of hydrogen-bond donors (Lipinski definition) is 1. The highest BCUT2D eigenvalue weighted by atomic mass is 35.5. The lowest BCUT2D eigenvalue weighted by Crippen LogP contribution is -2.25. The lowest BCUT2D eigenvalue weighted by atomic mass is 10.0. The molecule has 1 atom stereocenters. The molecule has 2 heterocycles. The van der Waals surface area contributed by atoms with E-state index < -0.39 is 0 Å². The number of likely N-dealkylation sites (N-methyl/N-ethyl adjacent to an activating group) is 1. The molecule has 0 fully saturated rings. The first-order valence-electron chi connectivity index (χ1n) is 10.2. The topological polar surface area (TPSA) is 71.0 Å². The van der Waals surface area contributed by atoms with Crippen molar-refractivity contribution in [2.45, 2.75) is 13.0 Å². The van der Waals surface area contributed by atoms with Gasteiger partial charge in [0, 0.05) is 42.2 Å². The monoisotopic (exact) mass is 461 g/mol. The van der Waals surface area contributed by atoms with E-state index in [4.69, 9.17) is 11.6 Å². The first kappa shape index (κ1) is 22.4. The zero-order valence-electron chi connectivity index (χ0n) is 18.1. The van der Waals surface area contributed by atoms with Crippen LogP contribution < -0.4 is 10.2 Å². The van der Waals surface area contributed by atoms with E-state index in [0.717, 1.165) is 22.0 Å². The molecule has 0 aliphatic rings. The zero-order valence-corrected chi connectivity index (χ0v) is 18.8. The molecule has 0 aliphatic heterocycles. The van der Waals surface area contributed by atoms with Crippen LogP contribution in [-0.2, 0) is 4.79 Å². The SMILES string of the molecule is C=CC(=O)N(C)c1ncc(-c2ccc3ncc(Cl)c(NC(C)c4ccccc4F)c3c2)cn1. The number of rotatable bonds is 6. The van der Waals surface area contributed by atoms with Crippen molar-refractivity contribution in [2.75, 3.05) is 17.3 Å². The van der Waals surface area contributed by atoms with Crippen LogP contribution in [0.5, 0.6) is 0 Å². The number of aromatic nitrogens is 3. The Morgan fingerprint density at radius 2 is 1.85 bits per heavy atom. The Balaban J connectivity index is 1.71. The molecular weight excluding hydrogens is 441 g/mol. The second-order valence-corrected chi connectivity index (χ2v) is 7.88. The Hall–Kier alpha value is -3.84. The van der Waals surface area contributed by atoms with Gasteiger partial charge in [-0.1, -0.05) is 42.4 Å². The van der Waals surface area contributed by atoms with Crippen molar-refractivity contribution in [3.8, 4) is 11.1 Å². The van der Waals surface area contributed by atoms with E-state index in [-0.39, 0.29) is 23.7 Å². The molecule has 0 saturated heterocycles. The summed E-state index contributed by atoms with van der Waals surface area (Å²) in [6.45, 7) is 5.34. The van der Waals surface area contributed by atoms with Crippen LogP contribution in [0.3, 0.4) is 0 Å². The van der Waals surface area contributed by atoms with Crippen LogP contribution in [0.1, 0.15) is 18.5 Å². The Morgan fingerprint density at radius 1 is 1.12 bits per heavy atom. The second-order valence-electron chi connectivity index (χ2n) is 7.47. The predicted octanol–water partition coefficient (Wildman–Crippen LogP) is 5.81. The summed E-state index contributed by atoms with van der Waals surface area (Å²) in [4.78, 5) is 26.1. The third-order valence-corrected chi connectivity index (χ3v) is 5.62. The van der Waals surface area contributed by atoms with Gasteiger partial charge < -0.3 is 5.32 Å². The summed E-state index contributed by atoms with van der Waals surface area (Å²) in [6.07, 6.45) is 6.06. The number of benzene rings is 2. The molecule has 2 aromatic carbocycles. The molecule has 33 heavy (non-hydrogen) atoms. The number of anilines is 2. The van der Waals surface area contributed by atoms with Gasteiger partial charge >= 0.3 is 0 Å². The molecule has 8 heteroatoms. The summed E-state index contributed by atoms with van der Waals surface area (Å²) in [5.74, 6) is -0.311. The Morgan fingerprint density at radius 3 is 2.55 bits per heavy atom. The second kappa shape index (κ2) is 9.34. The number of nitrogens with one attached hydrogen (secondary N) is 1. The van der Waals surface area contributed by atoms with E-state index in [9.17, 15) is 9.18 Å². The Labute approximate surface area is 195 Å². The number of nitrogens with zero attached hydrogens (tertiary/aromatic N) is 4. The maximum Gasteiger partial charge on any atom is 0.252 e. The standard InChI is InChI=1S/C25H21ClFN5O/c1-4-23(33)32(3)25-29-12-17(13-30-25)16-9-10-22-19(11-16)24(20(26)14-28-22)31-15(2)18-7-5-6-8-21(18)27/h4-15H,1H2,2-3H3,(H,28,31). The number of carbonyl (C=O) groups is 1. The van der Waals surface area contributed by atoms with Crippen molar-refractivity contribution in [3.63, 3.8) is 0 Å². The maximum atomic E-state index is 14.3. The fraction of sp³-hybridized carbons (Fsp3) is 0.120. The number of fused-ring (bicyclic) bond motifs is 1. The molecule has 1 unspecified atom stereocenters. The van der Waals surface area contributed by atoms with Crippen LogP contribution in [0.4, 0.5) is 16.0 Å². The van der Waals surface area contributed by atoms with Crippen LogP contribution in [0.2, 0.25) is 5.02 Å². The van der Waals surface area contributed by atoms with Gasteiger partial charge in [-0.25, -0.2) is 14.4 Å². The summed E-state index contributed by atoms with van der Waals surface area (Å²) in [5, 5.41) is 4.55. The largest absolute Gasteiger partial charge is 0.377 e. The quantitative estimate of drug-likeness (QED) is 0.367. The molecule has 1 amide bonds. The van der Waals surface area contributed by atoms with Crippen LogP contribution >= 0.6 is 11.6 Å². The maximum absolute atomic E-state index is 14.3. The van der Waals surface area contributed by atoms with Gasteiger partial charge in [-0.15, -0.1) is 0 Å². The van der Waals surface area contributed by atoms with Gasteiger partial charge in [-0.05, 0) is 36.8 Å². The van der Waals surface area contributed by atoms with Crippen molar-refractivity contribution >= 4 is 40.0 Å². The van der Waals surface area contributed by atoms with Gasteiger partial charge in [0.05, 0.1) is 22.3 Å². The van der Waals surface area contributed by atoms with Crippen LogP contribution in [0, 0.1) is 5.82 Å². The highest BCUT2D eigenvalue weighted by molar-refractivity contribution is 6.34. The normalized spacial score (nSPS) is 11.8. The van der Waals surface area contributed by atoms with Gasteiger partial charge in [0.25, 0.3) is 5.91 Å². The minimum atomic E-state index is -0.321. The number of hydrogen-bond acceptors (Lipinski definition) is 5. The zero-order chi connectivity index (χ0) is 23.5. The molecule has 0 saturated carbocycles. The predicted molar refractivity (Wildman–Crippen MR) is 130 cm³/mol. The van der Waals surface area contributed by atoms with Crippen molar-refractivity contribution < 1.29 is 9.18 Å². The minimum absolute atomic E-state index is 0.273. The van der Waals surface area contributed by atoms with Crippen molar-refractivity contribution in [2.24, 2.45) is 0 Å². The van der Waals surface area contributed by atoms with Gasteiger partial charge in [-0.2, -0.15) is 0 Å². The molecule has 1 N–H and O–H groups in total. The van der Waals surface area contributed by atoms with E-state index in [1.807, 2.05) is 25.1 Å². The number of carbonyl (C=O) groups excluding carboxylic acids is 1. The smallest absolute Gasteiger partial charge is 0.252 e. The summed E-state index contributed by atoms with van der Waals surface area (Å²) in [6, 6.07) is 12.0. The van der Waals surface area contributed by atoms with E-state index in [2.05, 4.69) is 26.8 Å². The average Bonchev–Trinajstić information content (AvgIpc) is 2.84. The highest BCUT2D eigenvalue weighted by Crippen LogP contribution is 2.35. The van der Waals surface area contributed by atoms with Crippen LogP contribution in [0.15, 0.2) is 73.7 Å². The number of halogens is 2.